The second-order valence-corrected chi connectivity index (χ2v) is 6.26. The predicted octanol–water partition coefficient (Wildman–Crippen LogP) is 1.41. The number of nitrogens with two attached hydrogens (primary N) is 1. The summed E-state index contributed by atoms with van der Waals surface area (Å²) in [5, 5.41) is 9.30. The molecule has 0 radical (unpaired) electrons. The average Bonchev–Trinajstić information content (AvgIpc) is 2.94. The summed E-state index contributed by atoms with van der Waals surface area (Å²) in [5.41, 5.74) is 9.31. The number of anilines is 1. The highest BCUT2D eigenvalue weighted by atomic mass is 32.1. The Bertz CT molecular complexity index is 532. The Morgan fingerprint density at radius 1 is 1.45 bits per heavy atom. The summed E-state index contributed by atoms with van der Waals surface area (Å²) in [6.07, 6.45) is 5.58. The zero-order valence-electron chi connectivity index (χ0n) is 11.6. The Labute approximate surface area is 125 Å². The predicted molar refractivity (Wildman–Crippen MR) is 84.2 cm³/mol. The van der Waals surface area contributed by atoms with Crippen LogP contribution in [-0.2, 0) is 12.8 Å². The van der Waals surface area contributed by atoms with Gasteiger partial charge in [0.25, 0.3) is 0 Å². The minimum absolute atomic E-state index is 0.240. The van der Waals surface area contributed by atoms with Gasteiger partial charge in [0.2, 0.25) is 0 Å². The van der Waals surface area contributed by atoms with Crippen molar-refractivity contribution in [3.05, 3.63) is 22.9 Å². The highest BCUT2D eigenvalue weighted by Gasteiger charge is 2.26. The van der Waals surface area contributed by atoms with Crippen LogP contribution >= 0.6 is 12.2 Å². The molecule has 3 N–H and O–H groups in total. The molecule has 1 atom stereocenters. The summed E-state index contributed by atoms with van der Waals surface area (Å²) in [6.45, 7) is 2.01. The summed E-state index contributed by atoms with van der Waals surface area (Å²) >= 11 is 5.21. The van der Waals surface area contributed by atoms with E-state index in [4.69, 9.17) is 22.9 Å². The summed E-state index contributed by atoms with van der Waals surface area (Å²) in [6, 6.07) is 2.14. The van der Waals surface area contributed by atoms with E-state index in [0.29, 0.717) is 10.9 Å². The maximum Gasteiger partial charge on any atom is 0.139 e. The van der Waals surface area contributed by atoms with Gasteiger partial charge in [-0.25, -0.2) is 4.98 Å². The molecule has 2 aliphatic rings. The SMILES string of the molecule is NC(=S)c1cc2c(nc1N1CCC(CO)C1)CCCC2. The Morgan fingerprint density at radius 3 is 2.95 bits per heavy atom. The third-order valence-electron chi connectivity index (χ3n) is 4.39. The number of pyridine rings is 1. The third-order valence-corrected chi connectivity index (χ3v) is 4.61. The molecule has 1 fully saturated rings. The van der Waals surface area contributed by atoms with Gasteiger partial charge in [-0.05, 0) is 43.7 Å². The fourth-order valence-electron chi connectivity index (χ4n) is 3.22. The number of aliphatic hydroxyl groups is 1. The number of aliphatic hydroxyl groups excluding tert-OH is 1. The summed E-state index contributed by atoms with van der Waals surface area (Å²) in [7, 11) is 0. The Balaban J connectivity index is 1.98. The molecule has 1 aromatic heterocycles. The number of thiocarbonyl (C=S) groups is 1. The molecular weight excluding hydrogens is 270 g/mol. The Kier molecular flexibility index (Phi) is 3.89. The van der Waals surface area contributed by atoms with Crippen LogP contribution in [0.5, 0.6) is 0 Å². The van der Waals surface area contributed by atoms with Gasteiger partial charge in [-0.1, -0.05) is 12.2 Å². The van der Waals surface area contributed by atoms with Crippen molar-refractivity contribution < 1.29 is 5.11 Å². The average molecular weight is 291 g/mol. The van der Waals surface area contributed by atoms with Crippen molar-refractivity contribution in [3.8, 4) is 0 Å². The van der Waals surface area contributed by atoms with Gasteiger partial charge in [-0.15, -0.1) is 0 Å². The molecular formula is C15H21N3OS. The van der Waals surface area contributed by atoms with Crippen LogP contribution in [0.15, 0.2) is 6.07 Å². The minimum Gasteiger partial charge on any atom is -0.396 e. The molecule has 0 aromatic carbocycles. The van der Waals surface area contributed by atoms with Gasteiger partial charge < -0.3 is 15.7 Å². The van der Waals surface area contributed by atoms with Gasteiger partial charge in [-0.3, -0.25) is 0 Å². The Morgan fingerprint density at radius 2 is 2.25 bits per heavy atom. The van der Waals surface area contributed by atoms with Crippen molar-refractivity contribution in [2.24, 2.45) is 11.7 Å². The van der Waals surface area contributed by atoms with E-state index in [2.05, 4.69) is 11.0 Å². The van der Waals surface area contributed by atoms with Crippen LogP contribution in [0.25, 0.3) is 0 Å². The van der Waals surface area contributed by atoms with E-state index in [9.17, 15) is 5.11 Å². The lowest BCUT2D eigenvalue weighted by atomic mass is 9.94. The fourth-order valence-corrected chi connectivity index (χ4v) is 3.37. The van der Waals surface area contributed by atoms with Crippen molar-refractivity contribution in [2.75, 3.05) is 24.6 Å². The van der Waals surface area contributed by atoms with Gasteiger partial charge in [-0.2, -0.15) is 0 Å². The normalized spacial score (nSPS) is 21.9. The van der Waals surface area contributed by atoms with Crippen molar-refractivity contribution in [1.82, 2.24) is 4.98 Å². The van der Waals surface area contributed by atoms with E-state index in [1.54, 1.807) is 0 Å². The highest BCUT2D eigenvalue weighted by Crippen LogP contribution is 2.30. The van der Waals surface area contributed by atoms with Gasteiger partial charge in [0, 0.05) is 31.3 Å². The first-order valence-corrected chi connectivity index (χ1v) is 7.78. The molecule has 20 heavy (non-hydrogen) atoms. The zero-order chi connectivity index (χ0) is 14.1. The molecule has 1 saturated heterocycles. The molecule has 1 aliphatic heterocycles. The van der Waals surface area contributed by atoms with Crippen LogP contribution in [0.3, 0.4) is 0 Å². The second kappa shape index (κ2) is 5.66. The van der Waals surface area contributed by atoms with Gasteiger partial charge >= 0.3 is 0 Å². The number of aryl methyl sites for hydroxylation is 2. The standard InChI is InChI=1S/C15H21N3OS/c16-14(20)12-7-11-3-1-2-4-13(11)17-15(12)18-6-5-10(8-18)9-19/h7,10,19H,1-6,8-9H2,(H2,16,20). The number of fused-ring (bicyclic) bond motifs is 1. The smallest absolute Gasteiger partial charge is 0.139 e. The minimum atomic E-state index is 0.240. The molecule has 0 amide bonds. The van der Waals surface area contributed by atoms with Crippen molar-refractivity contribution in [3.63, 3.8) is 0 Å². The van der Waals surface area contributed by atoms with Crippen LogP contribution in [-0.4, -0.2) is 34.8 Å². The lowest BCUT2D eigenvalue weighted by Crippen LogP contribution is -2.27. The number of hydrogen-bond acceptors (Lipinski definition) is 4. The molecule has 0 bridgehead atoms. The summed E-state index contributed by atoms with van der Waals surface area (Å²) in [4.78, 5) is 7.51. The lowest BCUT2D eigenvalue weighted by molar-refractivity contribution is 0.238. The number of hydrogen-bond donors (Lipinski definition) is 2. The molecule has 0 saturated carbocycles. The molecule has 1 aliphatic carbocycles. The van der Waals surface area contributed by atoms with Crippen LogP contribution in [0.4, 0.5) is 5.82 Å². The van der Waals surface area contributed by atoms with Gasteiger partial charge in [0.1, 0.15) is 10.8 Å². The fraction of sp³-hybridized carbons (Fsp3) is 0.600. The van der Waals surface area contributed by atoms with Gasteiger partial charge in [0.15, 0.2) is 0 Å². The summed E-state index contributed by atoms with van der Waals surface area (Å²) in [5.74, 6) is 1.26. The second-order valence-electron chi connectivity index (χ2n) is 5.82. The van der Waals surface area contributed by atoms with Gasteiger partial charge in [0.05, 0.1) is 5.56 Å². The molecule has 5 heteroatoms. The van der Waals surface area contributed by atoms with E-state index in [0.717, 1.165) is 43.7 Å². The highest BCUT2D eigenvalue weighted by molar-refractivity contribution is 7.80. The molecule has 108 valence electrons. The van der Waals surface area contributed by atoms with Crippen LogP contribution in [0.1, 0.15) is 36.1 Å². The van der Waals surface area contributed by atoms with Crippen LogP contribution in [0.2, 0.25) is 0 Å². The van der Waals surface area contributed by atoms with E-state index >= 15 is 0 Å². The van der Waals surface area contributed by atoms with Crippen LogP contribution < -0.4 is 10.6 Å². The lowest BCUT2D eigenvalue weighted by Gasteiger charge is -2.24. The zero-order valence-corrected chi connectivity index (χ0v) is 12.5. The molecule has 1 aromatic rings. The largest absolute Gasteiger partial charge is 0.396 e. The van der Waals surface area contributed by atoms with Crippen molar-refractivity contribution in [2.45, 2.75) is 32.1 Å². The Hall–Kier alpha value is -1.20. The van der Waals surface area contributed by atoms with E-state index in [-0.39, 0.29) is 6.61 Å². The molecule has 4 nitrogen and oxygen atoms in total. The quantitative estimate of drug-likeness (QED) is 0.825. The first-order valence-electron chi connectivity index (χ1n) is 7.37. The topological polar surface area (TPSA) is 62.4 Å². The maximum absolute atomic E-state index is 9.30. The first kappa shape index (κ1) is 13.8. The number of aromatic nitrogens is 1. The molecule has 2 heterocycles. The molecule has 3 rings (SSSR count). The number of rotatable bonds is 3. The maximum atomic E-state index is 9.30. The molecule has 0 spiro atoms. The van der Waals surface area contributed by atoms with E-state index in [1.807, 2.05) is 0 Å². The first-order chi connectivity index (χ1) is 9.69. The summed E-state index contributed by atoms with van der Waals surface area (Å²) < 4.78 is 0. The van der Waals surface area contributed by atoms with E-state index in [1.165, 1.54) is 24.1 Å². The number of nitrogens with zero attached hydrogens (tertiary/aromatic N) is 2. The van der Waals surface area contributed by atoms with E-state index < -0.39 is 0 Å². The third kappa shape index (κ3) is 2.52. The molecule has 1 unspecified atom stereocenters. The van der Waals surface area contributed by atoms with Crippen molar-refractivity contribution >= 4 is 23.0 Å². The monoisotopic (exact) mass is 291 g/mol. The van der Waals surface area contributed by atoms with Crippen LogP contribution in [0, 0.1) is 5.92 Å². The van der Waals surface area contributed by atoms with Crippen molar-refractivity contribution in [1.29, 1.82) is 0 Å².